The molecule has 0 aromatic rings. The molecule has 0 aromatic carbocycles. The maximum absolute atomic E-state index is 10.6. The number of carbonyl (C=O) groups is 1. The van der Waals surface area contributed by atoms with Crippen LogP contribution in [0, 0.1) is 0 Å². The van der Waals surface area contributed by atoms with E-state index in [1.807, 2.05) is 6.92 Å². The van der Waals surface area contributed by atoms with Crippen molar-refractivity contribution in [2.75, 3.05) is 0 Å². The molecule has 0 bridgehead atoms. The Morgan fingerprint density at radius 2 is 2.10 bits per heavy atom. The third kappa shape index (κ3) is 3.43. The molecule has 0 aromatic heterocycles. The first-order valence-electron chi connectivity index (χ1n) is 3.39. The van der Waals surface area contributed by atoms with Gasteiger partial charge in [-0.3, -0.25) is 4.79 Å². The largest absolute Gasteiger partial charge is 0.279 e. The van der Waals surface area contributed by atoms with Gasteiger partial charge in [0.1, 0.15) is 4.87 Å². The second-order valence-corrected chi connectivity index (χ2v) is 3.75. The van der Waals surface area contributed by atoms with Crippen molar-refractivity contribution in [2.24, 2.45) is 0 Å². The predicted octanol–water partition coefficient (Wildman–Crippen LogP) is 2.94. The van der Waals surface area contributed by atoms with Gasteiger partial charge in [-0.2, -0.15) is 0 Å². The van der Waals surface area contributed by atoms with Gasteiger partial charge in [-0.15, -0.1) is 11.6 Å². The van der Waals surface area contributed by atoms with Crippen molar-refractivity contribution in [3.05, 3.63) is 0 Å². The summed E-state index contributed by atoms with van der Waals surface area (Å²) in [6.07, 6.45) is 2.64. The van der Waals surface area contributed by atoms with E-state index in [1.54, 1.807) is 6.92 Å². The lowest BCUT2D eigenvalue weighted by Crippen LogP contribution is -2.23. The molecule has 0 rings (SSSR count). The Morgan fingerprint density at radius 1 is 1.60 bits per heavy atom. The standard InChI is InChI=1S/C7H12Cl2O/c1-3-4-5-7(2,9)6(8)10/h3-5H2,1-2H3. The van der Waals surface area contributed by atoms with E-state index in [2.05, 4.69) is 0 Å². The van der Waals surface area contributed by atoms with Crippen LogP contribution in [0.3, 0.4) is 0 Å². The minimum atomic E-state index is -0.850. The van der Waals surface area contributed by atoms with Gasteiger partial charge in [0.15, 0.2) is 0 Å². The SMILES string of the molecule is CCCCC(C)(Cl)C(=O)Cl. The monoisotopic (exact) mass is 182 g/mol. The molecule has 0 fully saturated rings. The fourth-order valence-corrected chi connectivity index (χ4v) is 0.835. The lowest BCUT2D eigenvalue weighted by atomic mass is 10.1. The van der Waals surface area contributed by atoms with Gasteiger partial charge >= 0.3 is 0 Å². The number of hydrogen-bond donors (Lipinski definition) is 0. The molecule has 0 aliphatic heterocycles. The van der Waals surface area contributed by atoms with Crippen LogP contribution in [0.2, 0.25) is 0 Å². The van der Waals surface area contributed by atoms with Crippen molar-refractivity contribution >= 4 is 28.4 Å². The topological polar surface area (TPSA) is 17.1 Å². The summed E-state index contributed by atoms with van der Waals surface area (Å²) in [7, 11) is 0. The van der Waals surface area contributed by atoms with Crippen LogP contribution in [-0.4, -0.2) is 10.1 Å². The molecule has 1 nitrogen and oxygen atoms in total. The van der Waals surface area contributed by atoms with Gasteiger partial charge in [0, 0.05) is 0 Å². The Kier molecular flexibility index (Phi) is 4.30. The summed E-state index contributed by atoms with van der Waals surface area (Å²) in [6, 6.07) is 0. The van der Waals surface area contributed by atoms with E-state index in [4.69, 9.17) is 23.2 Å². The van der Waals surface area contributed by atoms with Gasteiger partial charge < -0.3 is 0 Å². The number of hydrogen-bond acceptors (Lipinski definition) is 1. The second-order valence-electron chi connectivity index (χ2n) is 2.57. The van der Waals surface area contributed by atoms with E-state index in [-0.39, 0.29) is 0 Å². The highest BCUT2D eigenvalue weighted by molar-refractivity contribution is 6.70. The summed E-state index contributed by atoms with van der Waals surface area (Å²) in [5.41, 5.74) is 0. The molecular formula is C7H12Cl2O. The molecule has 60 valence electrons. The maximum Gasteiger partial charge on any atom is 0.242 e. The summed E-state index contributed by atoms with van der Waals surface area (Å²) in [4.78, 5) is 9.76. The van der Waals surface area contributed by atoms with Gasteiger partial charge in [0.2, 0.25) is 5.24 Å². The van der Waals surface area contributed by atoms with Crippen molar-refractivity contribution in [2.45, 2.75) is 38.0 Å². The van der Waals surface area contributed by atoms with E-state index in [9.17, 15) is 4.79 Å². The molecule has 0 saturated heterocycles. The van der Waals surface area contributed by atoms with Crippen LogP contribution >= 0.6 is 23.2 Å². The van der Waals surface area contributed by atoms with Crippen molar-refractivity contribution in [1.29, 1.82) is 0 Å². The Bertz CT molecular complexity index is 121. The third-order valence-corrected chi connectivity index (χ3v) is 2.28. The van der Waals surface area contributed by atoms with Gasteiger partial charge in [0.25, 0.3) is 0 Å². The number of unbranched alkanes of at least 4 members (excludes halogenated alkanes) is 1. The normalized spacial score (nSPS) is 16.4. The van der Waals surface area contributed by atoms with Gasteiger partial charge in [-0.1, -0.05) is 19.8 Å². The first kappa shape index (κ1) is 10.2. The van der Waals surface area contributed by atoms with Crippen LogP contribution in [-0.2, 0) is 4.79 Å². The highest BCUT2D eigenvalue weighted by Gasteiger charge is 2.27. The first-order valence-corrected chi connectivity index (χ1v) is 4.15. The van der Waals surface area contributed by atoms with Crippen LogP contribution in [0.5, 0.6) is 0 Å². The zero-order valence-electron chi connectivity index (χ0n) is 6.29. The lowest BCUT2D eigenvalue weighted by Gasteiger charge is -2.15. The predicted molar refractivity (Wildman–Crippen MR) is 44.6 cm³/mol. The smallest absolute Gasteiger partial charge is 0.242 e. The van der Waals surface area contributed by atoms with Crippen LogP contribution in [0.15, 0.2) is 0 Å². The Hall–Kier alpha value is 0.250. The molecule has 1 atom stereocenters. The summed E-state index contributed by atoms with van der Waals surface area (Å²) in [5, 5.41) is -0.456. The minimum Gasteiger partial charge on any atom is -0.279 e. The van der Waals surface area contributed by atoms with Gasteiger partial charge in [-0.05, 0) is 24.9 Å². The minimum absolute atomic E-state index is 0.456. The average molecular weight is 183 g/mol. The van der Waals surface area contributed by atoms with Crippen LogP contribution < -0.4 is 0 Å². The van der Waals surface area contributed by atoms with Gasteiger partial charge in [-0.25, -0.2) is 0 Å². The molecule has 0 radical (unpaired) electrons. The average Bonchev–Trinajstić information content (AvgIpc) is 1.84. The van der Waals surface area contributed by atoms with Crippen LogP contribution in [0.1, 0.15) is 33.1 Å². The molecule has 0 spiro atoms. The number of alkyl halides is 1. The third-order valence-electron chi connectivity index (χ3n) is 1.41. The van der Waals surface area contributed by atoms with E-state index >= 15 is 0 Å². The van der Waals surface area contributed by atoms with E-state index in [0.29, 0.717) is 6.42 Å². The van der Waals surface area contributed by atoms with E-state index in [0.717, 1.165) is 12.8 Å². The number of halogens is 2. The van der Waals surface area contributed by atoms with E-state index in [1.165, 1.54) is 0 Å². The molecule has 3 heteroatoms. The molecule has 0 aliphatic rings. The molecule has 0 saturated carbocycles. The van der Waals surface area contributed by atoms with Crippen molar-refractivity contribution in [1.82, 2.24) is 0 Å². The number of rotatable bonds is 4. The molecule has 0 N–H and O–H groups in total. The molecule has 0 heterocycles. The molecule has 0 aliphatic carbocycles. The quantitative estimate of drug-likeness (QED) is 0.483. The Morgan fingerprint density at radius 3 is 2.40 bits per heavy atom. The highest BCUT2D eigenvalue weighted by atomic mass is 35.5. The van der Waals surface area contributed by atoms with E-state index < -0.39 is 10.1 Å². The fourth-order valence-electron chi connectivity index (χ4n) is 0.607. The summed E-state index contributed by atoms with van der Waals surface area (Å²) in [6.45, 7) is 3.70. The Balaban J connectivity index is 3.75. The zero-order chi connectivity index (χ0) is 8.20. The van der Waals surface area contributed by atoms with Crippen molar-refractivity contribution in [3.63, 3.8) is 0 Å². The zero-order valence-corrected chi connectivity index (χ0v) is 7.80. The van der Waals surface area contributed by atoms with Crippen LogP contribution in [0.25, 0.3) is 0 Å². The summed E-state index contributed by atoms with van der Waals surface area (Å²) in [5.74, 6) is 0. The first-order chi connectivity index (χ1) is 4.50. The Labute approximate surface area is 71.7 Å². The molecular weight excluding hydrogens is 171 g/mol. The highest BCUT2D eigenvalue weighted by Crippen LogP contribution is 2.24. The molecule has 0 amide bonds. The fraction of sp³-hybridized carbons (Fsp3) is 0.857. The lowest BCUT2D eigenvalue weighted by molar-refractivity contribution is -0.113. The number of carbonyl (C=O) groups excluding carboxylic acids is 1. The molecule has 10 heavy (non-hydrogen) atoms. The second kappa shape index (κ2) is 4.20. The van der Waals surface area contributed by atoms with Crippen molar-refractivity contribution in [3.8, 4) is 0 Å². The maximum atomic E-state index is 10.6. The van der Waals surface area contributed by atoms with Crippen molar-refractivity contribution < 1.29 is 4.79 Å². The van der Waals surface area contributed by atoms with Gasteiger partial charge in [0.05, 0.1) is 0 Å². The summed E-state index contributed by atoms with van der Waals surface area (Å²) >= 11 is 11.0. The molecule has 1 unspecified atom stereocenters. The van der Waals surface area contributed by atoms with Crippen LogP contribution in [0.4, 0.5) is 0 Å². The summed E-state index contributed by atoms with van der Waals surface area (Å²) < 4.78 is 0.